The Morgan fingerprint density at radius 2 is 2.00 bits per heavy atom. The molecule has 0 aliphatic heterocycles. The molecule has 0 aromatic carbocycles. The van der Waals surface area contributed by atoms with Crippen molar-refractivity contribution in [3.05, 3.63) is 10.6 Å². The van der Waals surface area contributed by atoms with Gasteiger partial charge in [0.05, 0.1) is 16.5 Å². The number of hydrogen-bond acceptors (Lipinski definition) is 5. The quantitative estimate of drug-likeness (QED) is 0.883. The van der Waals surface area contributed by atoms with E-state index in [-0.39, 0.29) is 36.0 Å². The maximum Gasteiger partial charge on any atom is 0.225 e. The lowest BCUT2D eigenvalue weighted by atomic mass is 9.89. The van der Waals surface area contributed by atoms with Gasteiger partial charge >= 0.3 is 0 Å². The molecule has 0 bridgehead atoms. The van der Waals surface area contributed by atoms with Crippen molar-refractivity contribution in [1.29, 1.82) is 0 Å². The molecular formula is C16H21N3O3S. The molecule has 2 amide bonds. The Morgan fingerprint density at radius 3 is 2.70 bits per heavy atom. The molecule has 124 valence electrons. The molecule has 1 aromatic heterocycles. The van der Waals surface area contributed by atoms with Crippen LogP contribution in [-0.2, 0) is 16.0 Å². The number of carbonyl (C=O) groups excluding carboxylic acids is 3. The van der Waals surface area contributed by atoms with Gasteiger partial charge in [-0.1, -0.05) is 31.1 Å². The molecule has 1 saturated carbocycles. The summed E-state index contributed by atoms with van der Waals surface area (Å²) in [6, 6.07) is 0.258. The van der Waals surface area contributed by atoms with E-state index in [1.54, 1.807) is 6.92 Å². The van der Waals surface area contributed by atoms with Crippen LogP contribution in [0.2, 0.25) is 0 Å². The van der Waals surface area contributed by atoms with Gasteiger partial charge in [0.25, 0.3) is 0 Å². The molecule has 23 heavy (non-hydrogen) atoms. The number of fused-ring (bicyclic) bond motifs is 1. The van der Waals surface area contributed by atoms with Crippen molar-refractivity contribution in [1.82, 2.24) is 10.3 Å². The van der Waals surface area contributed by atoms with Crippen LogP contribution in [0, 0.1) is 5.92 Å². The van der Waals surface area contributed by atoms with Crippen LogP contribution in [0.3, 0.4) is 0 Å². The summed E-state index contributed by atoms with van der Waals surface area (Å²) in [5, 5.41) is 6.20. The Bertz CT molecular complexity index is 635. The smallest absolute Gasteiger partial charge is 0.225 e. The van der Waals surface area contributed by atoms with Crippen LogP contribution < -0.4 is 10.6 Å². The zero-order chi connectivity index (χ0) is 16.4. The van der Waals surface area contributed by atoms with E-state index >= 15 is 0 Å². The molecule has 2 aliphatic carbocycles. The van der Waals surface area contributed by atoms with E-state index in [9.17, 15) is 14.4 Å². The van der Waals surface area contributed by atoms with Crippen LogP contribution in [0.4, 0.5) is 5.13 Å². The number of hydrogen-bond donors (Lipinski definition) is 2. The first-order valence-corrected chi connectivity index (χ1v) is 9.01. The second-order valence-corrected chi connectivity index (χ2v) is 7.21. The van der Waals surface area contributed by atoms with E-state index in [2.05, 4.69) is 15.6 Å². The highest BCUT2D eigenvalue weighted by molar-refractivity contribution is 7.17. The summed E-state index contributed by atoms with van der Waals surface area (Å²) < 4.78 is 0. The largest absolute Gasteiger partial charge is 0.353 e. The van der Waals surface area contributed by atoms with E-state index < -0.39 is 0 Å². The van der Waals surface area contributed by atoms with Gasteiger partial charge in [0, 0.05) is 25.3 Å². The van der Waals surface area contributed by atoms with Gasteiger partial charge in [0.15, 0.2) is 10.9 Å². The fraction of sp³-hybridized carbons (Fsp3) is 0.625. The second kappa shape index (κ2) is 6.78. The van der Waals surface area contributed by atoms with Crippen molar-refractivity contribution < 1.29 is 14.4 Å². The molecule has 1 unspecified atom stereocenters. The van der Waals surface area contributed by atoms with Gasteiger partial charge < -0.3 is 10.6 Å². The number of ketones is 1. The molecule has 1 atom stereocenters. The van der Waals surface area contributed by atoms with Gasteiger partial charge in [0.2, 0.25) is 11.8 Å². The average molecular weight is 335 g/mol. The van der Waals surface area contributed by atoms with Gasteiger partial charge in [-0.2, -0.15) is 0 Å². The monoisotopic (exact) mass is 335 g/mol. The topological polar surface area (TPSA) is 88.2 Å². The van der Waals surface area contributed by atoms with E-state index in [4.69, 9.17) is 0 Å². The summed E-state index contributed by atoms with van der Waals surface area (Å²) in [6.45, 7) is 1.76. The molecule has 3 rings (SSSR count). The van der Waals surface area contributed by atoms with Crippen LogP contribution in [0.25, 0.3) is 0 Å². The highest BCUT2D eigenvalue weighted by atomic mass is 32.1. The summed E-state index contributed by atoms with van der Waals surface area (Å²) in [6.07, 6.45) is 5.44. The molecule has 1 heterocycles. The molecule has 0 saturated heterocycles. The molecule has 1 fully saturated rings. The van der Waals surface area contributed by atoms with Crippen molar-refractivity contribution in [2.24, 2.45) is 5.92 Å². The SMILES string of the molecule is CCC(=O)Nc1nc2c(s1)C(=O)CC(C(=O)NC1CCCC1)C2. The first-order chi connectivity index (χ1) is 11.1. The number of nitrogens with zero attached hydrogens (tertiary/aromatic N) is 1. The third-order valence-electron chi connectivity index (χ3n) is 4.46. The molecule has 0 radical (unpaired) electrons. The van der Waals surface area contributed by atoms with Gasteiger partial charge in [-0.3, -0.25) is 14.4 Å². The van der Waals surface area contributed by atoms with Gasteiger partial charge in [0.1, 0.15) is 0 Å². The highest BCUT2D eigenvalue weighted by Crippen LogP contribution is 2.32. The first-order valence-electron chi connectivity index (χ1n) is 8.20. The number of rotatable bonds is 4. The predicted octanol–water partition coefficient (Wildman–Crippen LogP) is 2.30. The standard InChI is InChI=1S/C16H21N3O3S/c1-2-13(21)19-16-18-11-7-9(8-12(20)14(11)23-16)15(22)17-10-5-3-4-6-10/h9-10H,2-8H2,1H3,(H,17,22)(H,18,19,21). The second-order valence-electron chi connectivity index (χ2n) is 6.21. The minimum Gasteiger partial charge on any atom is -0.353 e. The molecule has 6 nitrogen and oxygen atoms in total. The van der Waals surface area contributed by atoms with Crippen LogP contribution in [0.15, 0.2) is 0 Å². The lowest BCUT2D eigenvalue weighted by molar-refractivity contribution is -0.125. The zero-order valence-electron chi connectivity index (χ0n) is 13.2. The summed E-state index contributed by atoms with van der Waals surface area (Å²) in [4.78, 5) is 41.0. The fourth-order valence-electron chi connectivity index (χ4n) is 3.17. The molecule has 2 aliphatic rings. The fourth-order valence-corrected chi connectivity index (χ4v) is 4.12. The minimum absolute atomic E-state index is 0.0388. The lowest BCUT2D eigenvalue weighted by Crippen LogP contribution is -2.40. The normalized spacial score (nSPS) is 21.1. The summed E-state index contributed by atoms with van der Waals surface area (Å²) in [5.74, 6) is -0.554. The maximum absolute atomic E-state index is 12.4. The number of anilines is 1. The zero-order valence-corrected chi connectivity index (χ0v) is 14.0. The highest BCUT2D eigenvalue weighted by Gasteiger charge is 2.34. The number of aromatic nitrogens is 1. The number of carbonyl (C=O) groups is 3. The van der Waals surface area contributed by atoms with Crippen LogP contribution in [-0.4, -0.2) is 28.6 Å². The molecular weight excluding hydrogens is 314 g/mol. The summed E-state index contributed by atoms with van der Waals surface area (Å²) >= 11 is 1.21. The number of nitrogens with one attached hydrogen (secondary N) is 2. The van der Waals surface area contributed by atoms with Crippen molar-refractivity contribution in [2.45, 2.75) is 57.9 Å². The third kappa shape index (κ3) is 3.60. The lowest BCUT2D eigenvalue weighted by Gasteiger charge is -2.21. The van der Waals surface area contributed by atoms with Crippen molar-refractivity contribution in [3.8, 4) is 0 Å². The maximum atomic E-state index is 12.4. The molecule has 1 aromatic rings. The summed E-state index contributed by atoms with van der Waals surface area (Å²) in [7, 11) is 0. The first kappa shape index (κ1) is 16.1. The van der Waals surface area contributed by atoms with Crippen molar-refractivity contribution in [2.75, 3.05) is 5.32 Å². The number of amides is 2. The molecule has 0 spiro atoms. The van der Waals surface area contributed by atoms with Crippen molar-refractivity contribution >= 4 is 34.1 Å². The Balaban J connectivity index is 1.68. The average Bonchev–Trinajstić information content (AvgIpc) is 3.16. The van der Waals surface area contributed by atoms with Crippen LogP contribution >= 0.6 is 11.3 Å². The molecule has 7 heteroatoms. The van der Waals surface area contributed by atoms with E-state index in [0.29, 0.717) is 28.5 Å². The van der Waals surface area contributed by atoms with E-state index in [1.165, 1.54) is 11.3 Å². The van der Waals surface area contributed by atoms with Gasteiger partial charge in [-0.25, -0.2) is 4.98 Å². The van der Waals surface area contributed by atoms with E-state index in [0.717, 1.165) is 25.7 Å². The van der Waals surface area contributed by atoms with Crippen molar-refractivity contribution in [3.63, 3.8) is 0 Å². The Labute approximate surface area is 139 Å². The van der Waals surface area contributed by atoms with E-state index in [1.807, 2.05) is 0 Å². The Kier molecular flexibility index (Phi) is 4.75. The minimum atomic E-state index is -0.340. The number of Topliss-reactive ketones (excluding diaryl/α,β-unsaturated/α-hetero) is 1. The predicted molar refractivity (Wildman–Crippen MR) is 87.6 cm³/mol. The van der Waals surface area contributed by atoms with Crippen LogP contribution in [0.5, 0.6) is 0 Å². The van der Waals surface area contributed by atoms with Gasteiger partial charge in [-0.15, -0.1) is 0 Å². The number of thiazole rings is 1. The van der Waals surface area contributed by atoms with Gasteiger partial charge in [-0.05, 0) is 12.8 Å². The summed E-state index contributed by atoms with van der Waals surface area (Å²) in [5.41, 5.74) is 0.643. The third-order valence-corrected chi connectivity index (χ3v) is 5.52. The van der Waals surface area contributed by atoms with Crippen LogP contribution in [0.1, 0.15) is 60.8 Å². The Hall–Kier alpha value is -1.76. The molecule has 2 N–H and O–H groups in total. The Morgan fingerprint density at radius 1 is 1.26 bits per heavy atom.